The monoisotopic (exact) mass is 545 g/mol. The molecule has 5 nitrogen and oxygen atoms in total. The SMILES string of the molecule is O=C(Nc1cccnc1F)c1cc(NC(=O)[C@@H]2[C@@H](c3cc(Cl)cc(Cl)c3)C2(Cl)Cl)ccc1Cl. The van der Waals surface area contributed by atoms with E-state index < -0.39 is 33.9 Å². The lowest BCUT2D eigenvalue weighted by Gasteiger charge is -2.10. The summed E-state index contributed by atoms with van der Waals surface area (Å²) in [5, 5.41) is 5.98. The quantitative estimate of drug-likeness (QED) is 0.268. The van der Waals surface area contributed by atoms with Crippen LogP contribution in [0.3, 0.4) is 0 Å². The maximum absolute atomic E-state index is 13.8. The Morgan fingerprint density at radius 3 is 2.33 bits per heavy atom. The number of pyridine rings is 1. The van der Waals surface area contributed by atoms with Gasteiger partial charge in [0.15, 0.2) is 0 Å². The summed E-state index contributed by atoms with van der Waals surface area (Å²) in [4.78, 5) is 29.0. The van der Waals surface area contributed by atoms with Crippen LogP contribution in [0.2, 0.25) is 15.1 Å². The molecule has 0 spiro atoms. The Hall–Kier alpha value is -2.09. The fourth-order valence-corrected chi connectivity index (χ4v) is 5.06. The van der Waals surface area contributed by atoms with E-state index >= 15 is 0 Å². The Balaban J connectivity index is 1.52. The van der Waals surface area contributed by atoms with E-state index in [9.17, 15) is 14.0 Å². The molecule has 0 bridgehead atoms. The molecule has 1 aliphatic carbocycles. The fourth-order valence-electron chi connectivity index (χ4n) is 3.49. The number of nitrogens with zero attached hydrogens (tertiary/aromatic N) is 1. The van der Waals surface area contributed by atoms with E-state index in [0.29, 0.717) is 15.6 Å². The summed E-state index contributed by atoms with van der Waals surface area (Å²) in [7, 11) is 0. The maximum Gasteiger partial charge on any atom is 0.257 e. The standard InChI is InChI=1S/C22H13Cl5FN3O2/c23-11-6-10(7-12(24)8-11)17-18(22(17,26)27)21(33)30-13-3-4-15(25)14(9-13)20(32)31-16-2-1-5-29-19(16)28/h1-9,17-18H,(H,30,33)(H,31,32)/t17-,18+/m1/s1. The van der Waals surface area contributed by atoms with E-state index in [-0.39, 0.29) is 22.0 Å². The fraction of sp³-hybridized carbons (Fsp3) is 0.136. The maximum atomic E-state index is 13.8. The van der Waals surface area contributed by atoms with E-state index in [1.165, 1.54) is 36.5 Å². The molecule has 1 fully saturated rings. The van der Waals surface area contributed by atoms with Crippen LogP contribution in [-0.2, 0) is 4.79 Å². The second kappa shape index (κ2) is 9.28. The van der Waals surface area contributed by atoms with Crippen molar-refractivity contribution in [2.24, 2.45) is 5.92 Å². The van der Waals surface area contributed by atoms with Crippen molar-refractivity contribution in [2.45, 2.75) is 10.3 Å². The molecule has 1 saturated carbocycles. The first-order chi connectivity index (χ1) is 15.6. The average molecular weight is 548 g/mol. The van der Waals surface area contributed by atoms with Crippen LogP contribution in [0.25, 0.3) is 0 Å². The zero-order valence-electron chi connectivity index (χ0n) is 16.4. The number of alkyl halides is 2. The zero-order valence-corrected chi connectivity index (χ0v) is 20.2. The number of hydrogen-bond acceptors (Lipinski definition) is 3. The lowest BCUT2D eigenvalue weighted by atomic mass is 10.1. The van der Waals surface area contributed by atoms with Crippen molar-refractivity contribution >= 4 is 81.2 Å². The highest BCUT2D eigenvalue weighted by molar-refractivity contribution is 6.53. The van der Waals surface area contributed by atoms with Crippen molar-refractivity contribution in [3.05, 3.63) is 86.9 Å². The Labute approximate surface area is 213 Å². The van der Waals surface area contributed by atoms with Crippen LogP contribution >= 0.6 is 58.0 Å². The summed E-state index contributed by atoms with van der Waals surface area (Å²) >= 11 is 31.0. The van der Waals surface area contributed by atoms with Crippen molar-refractivity contribution < 1.29 is 14.0 Å². The third kappa shape index (κ3) is 5.05. The first-order valence-electron chi connectivity index (χ1n) is 9.44. The van der Waals surface area contributed by atoms with Gasteiger partial charge in [-0.15, -0.1) is 23.2 Å². The molecule has 170 valence electrons. The van der Waals surface area contributed by atoms with E-state index in [4.69, 9.17) is 58.0 Å². The number of nitrogens with one attached hydrogen (secondary N) is 2. The molecule has 0 aliphatic heterocycles. The number of amides is 2. The third-order valence-electron chi connectivity index (χ3n) is 5.07. The highest BCUT2D eigenvalue weighted by Crippen LogP contribution is 2.65. The van der Waals surface area contributed by atoms with Gasteiger partial charge in [-0.25, -0.2) is 4.98 Å². The minimum absolute atomic E-state index is 0.0229. The van der Waals surface area contributed by atoms with Crippen LogP contribution in [0.4, 0.5) is 15.8 Å². The summed E-state index contributed by atoms with van der Waals surface area (Å²) in [5.41, 5.74) is 0.824. The van der Waals surface area contributed by atoms with Crippen molar-refractivity contribution in [1.29, 1.82) is 0 Å². The first-order valence-corrected chi connectivity index (χ1v) is 11.3. The van der Waals surface area contributed by atoms with E-state index in [2.05, 4.69) is 15.6 Å². The predicted octanol–water partition coefficient (Wildman–Crippen LogP) is 6.96. The van der Waals surface area contributed by atoms with Crippen LogP contribution in [0, 0.1) is 11.9 Å². The average Bonchev–Trinajstić information content (AvgIpc) is 3.32. The van der Waals surface area contributed by atoms with Crippen molar-refractivity contribution in [1.82, 2.24) is 4.98 Å². The van der Waals surface area contributed by atoms with E-state index in [1.807, 2.05) is 0 Å². The van der Waals surface area contributed by atoms with Crippen LogP contribution in [0.1, 0.15) is 21.8 Å². The Morgan fingerprint density at radius 1 is 0.970 bits per heavy atom. The van der Waals surface area contributed by atoms with Crippen molar-refractivity contribution in [3.8, 4) is 0 Å². The zero-order chi connectivity index (χ0) is 23.9. The molecule has 1 aliphatic rings. The van der Waals surface area contributed by atoms with Gasteiger partial charge in [-0.2, -0.15) is 4.39 Å². The second-order valence-electron chi connectivity index (χ2n) is 7.31. The highest BCUT2D eigenvalue weighted by Gasteiger charge is 2.67. The lowest BCUT2D eigenvalue weighted by Crippen LogP contribution is -2.18. The summed E-state index contributed by atoms with van der Waals surface area (Å²) in [6.45, 7) is 0. The molecule has 33 heavy (non-hydrogen) atoms. The molecule has 11 heteroatoms. The van der Waals surface area contributed by atoms with Gasteiger partial charge in [0.1, 0.15) is 4.33 Å². The predicted molar refractivity (Wildman–Crippen MR) is 129 cm³/mol. The van der Waals surface area contributed by atoms with Crippen LogP contribution in [-0.4, -0.2) is 21.1 Å². The van der Waals surface area contributed by atoms with Gasteiger partial charge in [0.05, 0.1) is 22.2 Å². The van der Waals surface area contributed by atoms with Gasteiger partial charge in [0, 0.05) is 27.8 Å². The lowest BCUT2D eigenvalue weighted by molar-refractivity contribution is -0.117. The number of hydrogen-bond donors (Lipinski definition) is 2. The van der Waals surface area contributed by atoms with Crippen LogP contribution in [0.5, 0.6) is 0 Å². The second-order valence-corrected chi connectivity index (χ2v) is 10.0. The molecule has 1 heterocycles. The minimum Gasteiger partial charge on any atom is -0.326 e. The normalized spacial score (nSPS) is 18.5. The Kier molecular flexibility index (Phi) is 6.76. The summed E-state index contributed by atoms with van der Waals surface area (Å²) in [5.74, 6) is -3.29. The molecular weight excluding hydrogens is 535 g/mol. The molecule has 2 atom stereocenters. The minimum atomic E-state index is -1.36. The number of rotatable bonds is 5. The number of anilines is 2. The highest BCUT2D eigenvalue weighted by atomic mass is 35.5. The molecule has 1 aromatic heterocycles. The van der Waals surface area contributed by atoms with Gasteiger partial charge < -0.3 is 10.6 Å². The van der Waals surface area contributed by atoms with Crippen LogP contribution < -0.4 is 10.6 Å². The number of halogens is 6. The van der Waals surface area contributed by atoms with Crippen molar-refractivity contribution in [2.75, 3.05) is 10.6 Å². The van der Waals surface area contributed by atoms with Gasteiger partial charge in [0.2, 0.25) is 11.9 Å². The van der Waals surface area contributed by atoms with Gasteiger partial charge in [-0.3, -0.25) is 9.59 Å². The third-order valence-corrected chi connectivity index (χ3v) is 6.77. The molecular formula is C22H13Cl5FN3O2. The molecule has 0 unspecified atom stereocenters. The Bertz CT molecular complexity index is 1250. The number of carbonyl (C=O) groups excluding carboxylic acids is 2. The largest absolute Gasteiger partial charge is 0.326 e. The van der Waals surface area contributed by atoms with Gasteiger partial charge >= 0.3 is 0 Å². The number of benzene rings is 2. The topological polar surface area (TPSA) is 71.1 Å². The van der Waals surface area contributed by atoms with Gasteiger partial charge in [-0.05, 0) is 54.1 Å². The van der Waals surface area contributed by atoms with Gasteiger partial charge in [0.25, 0.3) is 5.91 Å². The summed E-state index contributed by atoms with van der Waals surface area (Å²) < 4.78 is 12.4. The molecule has 4 rings (SSSR count). The molecule has 2 aromatic carbocycles. The summed E-state index contributed by atoms with van der Waals surface area (Å²) in [6.07, 6.45) is 1.25. The molecule has 2 N–H and O–H groups in total. The number of aromatic nitrogens is 1. The number of carbonyl (C=O) groups is 2. The molecule has 2 amide bonds. The summed E-state index contributed by atoms with van der Waals surface area (Å²) in [6, 6.07) is 12.0. The smallest absolute Gasteiger partial charge is 0.257 e. The van der Waals surface area contributed by atoms with E-state index in [0.717, 1.165) is 0 Å². The molecule has 3 aromatic rings. The molecule has 0 saturated heterocycles. The Morgan fingerprint density at radius 2 is 1.67 bits per heavy atom. The van der Waals surface area contributed by atoms with Crippen LogP contribution in [0.15, 0.2) is 54.7 Å². The van der Waals surface area contributed by atoms with E-state index in [1.54, 1.807) is 18.2 Å². The van der Waals surface area contributed by atoms with Crippen molar-refractivity contribution in [3.63, 3.8) is 0 Å². The molecule has 0 radical (unpaired) electrons. The van der Waals surface area contributed by atoms with Gasteiger partial charge in [-0.1, -0.05) is 34.8 Å². The first kappa shape index (κ1) is 24.0.